The minimum Gasteiger partial charge on any atom is -0.491 e. The quantitative estimate of drug-likeness (QED) is 0.360. The lowest BCUT2D eigenvalue weighted by Crippen LogP contribution is -2.34. The number of unbranched alkanes of at least 4 members (excludes halogenated alkanes) is 1. The van der Waals surface area contributed by atoms with E-state index in [4.69, 9.17) is 14.6 Å². The Morgan fingerprint density at radius 2 is 2.10 bits per heavy atom. The van der Waals surface area contributed by atoms with Crippen molar-refractivity contribution in [1.82, 2.24) is 0 Å². The molecule has 2 rings (SSSR count). The van der Waals surface area contributed by atoms with Crippen LogP contribution in [-0.2, 0) is 14.3 Å². The van der Waals surface area contributed by atoms with Crippen LogP contribution in [0, 0.1) is 12.8 Å². The predicted octanol–water partition coefficient (Wildman–Crippen LogP) is 2.27. The molecule has 1 aromatic carbocycles. The second kappa shape index (κ2) is 11.7. The van der Waals surface area contributed by atoms with Crippen LogP contribution in [0.1, 0.15) is 37.7 Å². The summed E-state index contributed by atoms with van der Waals surface area (Å²) in [6, 6.07) is 7.49. The van der Waals surface area contributed by atoms with Crippen molar-refractivity contribution >= 4 is 11.8 Å². The van der Waals surface area contributed by atoms with Crippen molar-refractivity contribution in [3.05, 3.63) is 42.0 Å². The van der Waals surface area contributed by atoms with Gasteiger partial charge in [-0.25, -0.2) is 0 Å². The predicted molar refractivity (Wildman–Crippen MR) is 107 cm³/mol. The van der Waals surface area contributed by atoms with Gasteiger partial charge in [-0.05, 0) is 43.9 Å². The Labute approximate surface area is 171 Å². The number of Topliss-reactive ketones (excluding diaryl/α,β-unsaturated/α-hetero) is 1. The maximum absolute atomic E-state index is 12.2. The van der Waals surface area contributed by atoms with Crippen LogP contribution in [0.15, 0.2) is 36.4 Å². The lowest BCUT2D eigenvalue weighted by atomic mass is 9.99. The van der Waals surface area contributed by atoms with E-state index in [0.29, 0.717) is 25.0 Å². The summed E-state index contributed by atoms with van der Waals surface area (Å²) in [7, 11) is 0. The van der Waals surface area contributed by atoms with Gasteiger partial charge in [-0.3, -0.25) is 9.59 Å². The smallest absolute Gasteiger partial charge is 0.303 e. The van der Waals surface area contributed by atoms with E-state index in [9.17, 15) is 19.8 Å². The molecule has 4 atom stereocenters. The van der Waals surface area contributed by atoms with E-state index < -0.39 is 30.2 Å². The number of carbonyl (C=O) groups excluding carboxylic acids is 1. The lowest BCUT2D eigenvalue weighted by Gasteiger charge is -2.22. The van der Waals surface area contributed by atoms with E-state index in [1.165, 1.54) is 0 Å². The third-order valence-electron chi connectivity index (χ3n) is 4.83. The minimum absolute atomic E-state index is 0.0398. The molecule has 0 saturated heterocycles. The van der Waals surface area contributed by atoms with Crippen molar-refractivity contribution in [2.24, 2.45) is 5.92 Å². The van der Waals surface area contributed by atoms with Gasteiger partial charge in [0.2, 0.25) is 0 Å². The molecule has 0 bridgehead atoms. The van der Waals surface area contributed by atoms with Crippen molar-refractivity contribution in [2.75, 3.05) is 13.2 Å². The van der Waals surface area contributed by atoms with Gasteiger partial charge in [-0.15, -0.1) is 0 Å². The highest BCUT2D eigenvalue weighted by atomic mass is 16.5. The largest absolute Gasteiger partial charge is 0.491 e. The van der Waals surface area contributed by atoms with Crippen LogP contribution in [0.25, 0.3) is 0 Å². The molecule has 0 spiro atoms. The zero-order valence-electron chi connectivity index (χ0n) is 16.7. The van der Waals surface area contributed by atoms with Crippen molar-refractivity contribution in [3.8, 4) is 5.75 Å². The van der Waals surface area contributed by atoms with E-state index >= 15 is 0 Å². The molecule has 1 saturated carbocycles. The highest BCUT2D eigenvalue weighted by Crippen LogP contribution is 2.29. The Morgan fingerprint density at radius 1 is 1.31 bits per heavy atom. The van der Waals surface area contributed by atoms with Gasteiger partial charge >= 0.3 is 5.97 Å². The highest BCUT2D eigenvalue weighted by molar-refractivity contribution is 5.85. The maximum atomic E-state index is 12.2. The molecule has 0 amide bonds. The fraction of sp³-hybridized carbons (Fsp3) is 0.545. The standard InChI is InChI=1S/C22H30O7/c1-15-7-6-8-17(11-15)28-13-16(23)14-29-22-18(19(24)12-20(22)25)9-4-2-3-5-10-21(26)27/h2,4,6-8,11,16,18,20,22-23,25H,3,5,9-10,12-14H2,1H3,(H,26,27)/b4-2+. The monoisotopic (exact) mass is 406 g/mol. The van der Waals surface area contributed by atoms with E-state index in [2.05, 4.69) is 0 Å². The summed E-state index contributed by atoms with van der Waals surface area (Å²) in [5.74, 6) is -0.703. The molecule has 7 nitrogen and oxygen atoms in total. The van der Waals surface area contributed by atoms with Gasteiger partial charge in [0.05, 0.1) is 18.8 Å². The lowest BCUT2D eigenvalue weighted by molar-refractivity contribution is -0.137. The van der Waals surface area contributed by atoms with Crippen molar-refractivity contribution < 1.29 is 34.4 Å². The zero-order chi connectivity index (χ0) is 21.2. The molecule has 1 aliphatic carbocycles. The van der Waals surface area contributed by atoms with Gasteiger partial charge in [0.15, 0.2) is 0 Å². The second-order valence-corrected chi connectivity index (χ2v) is 7.42. The maximum Gasteiger partial charge on any atom is 0.303 e. The minimum atomic E-state index is -0.891. The normalized spacial score (nSPS) is 22.9. The summed E-state index contributed by atoms with van der Waals surface area (Å²) in [6.45, 7) is 1.96. The number of aliphatic hydroxyl groups is 2. The molecule has 160 valence electrons. The molecule has 4 unspecified atom stereocenters. The van der Waals surface area contributed by atoms with Crippen LogP contribution in [0.3, 0.4) is 0 Å². The molecular formula is C22H30O7. The number of ether oxygens (including phenoxy) is 2. The topological polar surface area (TPSA) is 113 Å². The first-order valence-corrected chi connectivity index (χ1v) is 9.93. The highest BCUT2D eigenvalue weighted by Gasteiger charge is 2.41. The van der Waals surface area contributed by atoms with Crippen LogP contribution in [-0.4, -0.2) is 58.6 Å². The Hall–Kier alpha value is -2.22. The van der Waals surface area contributed by atoms with Gasteiger partial charge in [0, 0.05) is 18.8 Å². The van der Waals surface area contributed by atoms with Gasteiger partial charge in [0.25, 0.3) is 0 Å². The first-order chi connectivity index (χ1) is 13.9. The average molecular weight is 406 g/mol. The number of hydrogen-bond acceptors (Lipinski definition) is 6. The Bertz CT molecular complexity index is 700. The first kappa shape index (κ1) is 23.1. The van der Waals surface area contributed by atoms with Crippen LogP contribution in [0.5, 0.6) is 5.75 Å². The number of ketones is 1. The average Bonchev–Trinajstić information content (AvgIpc) is 2.93. The summed E-state index contributed by atoms with van der Waals surface area (Å²) in [5.41, 5.74) is 1.06. The number of allylic oxidation sites excluding steroid dienone is 2. The molecule has 1 aromatic rings. The van der Waals surface area contributed by atoms with Crippen LogP contribution < -0.4 is 4.74 Å². The van der Waals surface area contributed by atoms with E-state index in [1.807, 2.05) is 37.3 Å². The number of carbonyl (C=O) groups is 2. The SMILES string of the molecule is Cc1cccc(OCC(O)COC2C(O)CC(=O)C2C/C=C/CCCC(=O)O)c1. The number of carboxylic acid groups (broad SMARTS) is 1. The number of aryl methyl sites for hydroxylation is 1. The fourth-order valence-electron chi connectivity index (χ4n) is 3.32. The second-order valence-electron chi connectivity index (χ2n) is 7.42. The number of aliphatic carboxylic acids is 1. The van der Waals surface area contributed by atoms with Gasteiger partial charge in [-0.1, -0.05) is 24.3 Å². The van der Waals surface area contributed by atoms with Crippen molar-refractivity contribution in [3.63, 3.8) is 0 Å². The van der Waals surface area contributed by atoms with E-state index in [0.717, 1.165) is 5.56 Å². The van der Waals surface area contributed by atoms with Crippen LogP contribution in [0.4, 0.5) is 0 Å². The number of hydrogen-bond donors (Lipinski definition) is 3. The molecule has 7 heteroatoms. The fourth-order valence-corrected chi connectivity index (χ4v) is 3.32. The Kier molecular flexibility index (Phi) is 9.31. The number of aliphatic hydroxyl groups excluding tert-OH is 2. The van der Waals surface area contributed by atoms with E-state index in [-0.39, 0.29) is 31.8 Å². The van der Waals surface area contributed by atoms with Crippen LogP contribution in [0.2, 0.25) is 0 Å². The van der Waals surface area contributed by atoms with Gasteiger partial charge in [-0.2, -0.15) is 0 Å². The van der Waals surface area contributed by atoms with Crippen molar-refractivity contribution in [2.45, 2.75) is 57.3 Å². The number of benzene rings is 1. The number of rotatable bonds is 12. The van der Waals surface area contributed by atoms with Crippen LogP contribution >= 0.6 is 0 Å². The third-order valence-corrected chi connectivity index (χ3v) is 4.83. The van der Waals surface area contributed by atoms with Gasteiger partial charge in [0.1, 0.15) is 24.2 Å². The molecule has 0 radical (unpaired) electrons. The molecule has 3 N–H and O–H groups in total. The Balaban J connectivity index is 1.76. The summed E-state index contributed by atoms with van der Waals surface area (Å²) >= 11 is 0. The molecule has 29 heavy (non-hydrogen) atoms. The summed E-state index contributed by atoms with van der Waals surface area (Å²) < 4.78 is 11.2. The van der Waals surface area contributed by atoms with Gasteiger partial charge < -0.3 is 24.8 Å². The molecule has 0 heterocycles. The molecule has 0 aliphatic heterocycles. The number of carboxylic acids is 1. The summed E-state index contributed by atoms with van der Waals surface area (Å²) in [5, 5.41) is 28.9. The molecule has 1 fully saturated rings. The zero-order valence-corrected chi connectivity index (χ0v) is 16.7. The Morgan fingerprint density at radius 3 is 2.83 bits per heavy atom. The summed E-state index contributed by atoms with van der Waals surface area (Å²) in [6.07, 6.45) is 2.97. The third kappa shape index (κ3) is 7.97. The summed E-state index contributed by atoms with van der Waals surface area (Å²) in [4.78, 5) is 22.6. The van der Waals surface area contributed by atoms with Crippen molar-refractivity contribution in [1.29, 1.82) is 0 Å². The van der Waals surface area contributed by atoms with E-state index in [1.54, 1.807) is 6.07 Å². The molecule has 0 aromatic heterocycles. The molecule has 1 aliphatic rings. The first-order valence-electron chi connectivity index (χ1n) is 9.93. The molecular weight excluding hydrogens is 376 g/mol.